The zero-order valence-corrected chi connectivity index (χ0v) is 14.5. The van der Waals surface area contributed by atoms with Crippen LogP contribution in [0.1, 0.15) is 39.7 Å². The van der Waals surface area contributed by atoms with E-state index in [-0.39, 0.29) is 18.3 Å². The van der Waals surface area contributed by atoms with Crippen molar-refractivity contribution in [3.8, 4) is 0 Å². The lowest BCUT2D eigenvalue weighted by Gasteiger charge is -2.32. The van der Waals surface area contributed by atoms with E-state index in [2.05, 4.69) is 56.9 Å². The molecular formula is C18H26BNO3. The summed E-state index contributed by atoms with van der Waals surface area (Å²) in [6.07, 6.45) is 1.66. The molecule has 0 amide bonds. The Morgan fingerprint density at radius 3 is 2.26 bits per heavy atom. The van der Waals surface area contributed by atoms with E-state index >= 15 is 0 Å². The van der Waals surface area contributed by atoms with Crippen LogP contribution in [-0.2, 0) is 20.6 Å². The topological polar surface area (TPSA) is 30.9 Å². The van der Waals surface area contributed by atoms with E-state index in [0.29, 0.717) is 12.1 Å². The van der Waals surface area contributed by atoms with Gasteiger partial charge in [0.25, 0.3) is 0 Å². The van der Waals surface area contributed by atoms with Gasteiger partial charge in [0.15, 0.2) is 0 Å². The van der Waals surface area contributed by atoms with Gasteiger partial charge in [0.05, 0.1) is 23.9 Å². The van der Waals surface area contributed by atoms with Crippen LogP contribution in [0.5, 0.6) is 0 Å². The molecule has 2 bridgehead atoms. The van der Waals surface area contributed by atoms with E-state index in [9.17, 15) is 0 Å². The predicted molar refractivity (Wildman–Crippen MR) is 90.7 cm³/mol. The Bertz CT molecular complexity index is 570. The number of nitrogens with zero attached hydrogens (tertiary/aromatic N) is 1. The molecule has 0 radical (unpaired) electrons. The molecule has 2 unspecified atom stereocenters. The number of morpholine rings is 1. The third-order valence-corrected chi connectivity index (χ3v) is 5.90. The van der Waals surface area contributed by atoms with Crippen molar-refractivity contribution in [3.05, 3.63) is 29.8 Å². The first kappa shape index (κ1) is 15.6. The van der Waals surface area contributed by atoms with Gasteiger partial charge in [-0.05, 0) is 45.1 Å². The molecule has 3 aliphatic heterocycles. The molecule has 0 saturated carbocycles. The number of rotatable bonds is 3. The lowest BCUT2D eigenvalue weighted by Crippen LogP contribution is -2.41. The van der Waals surface area contributed by atoms with Crippen LogP contribution >= 0.6 is 0 Å². The Kier molecular flexibility index (Phi) is 3.61. The Hall–Kier alpha value is -0.875. The predicted octanol–water partition coefficient (Wildman–Crippen LogP) is 1.96. The number of ether oxygens (including phenoxy) is 1. The molecule has 0 N–H and O–H groups in total. The number of fused-ring (bicyclic) bond motifs is 2. The number of benzene rings is 1. The van der Waals surface area contributed by atoms with E-state index in [1.165, 1.54) is 12.0 Å². The normalized spacial score (nSPS) is 31.9. The third kappa shape index (κ3) is 2.74. The van der Waals surface area contributed by atoms with Crippen molar-refractivity contribution in [1.29, 1.82) is 0 Å². The quantitative estimate of drug-likeness (QED) is 0.798. The van der Waals surface area contributed by atoms with Crippen molar-refractivity contribution in [2.45, 2.75) is 64.0 Å². The average molecular weight is 315 g/mol. The van der Waals surface area contributed by atoms with Crippen molar-refractivity contribution in [1.82, 2.24) is 4.90 Å². The molecule has 3 aliphatic rings. The second kappa shape index (κ2) is 5.31. The molecule has 2 atom stereocenters. The molecule has 3 saturated heterocycles. The Morgan fingerprint density at radius 2 is 1.74 bits per heavy atom. The zero-order valence-electron chi connectivity index (χ0n) is 14.5. The Balaban J connectivity index is 1.43. The minimum atomic E-state index is -0.287. The third-order valence-electron chi connectivity index (χ3n) is 5.90. The maximum atomic E-state index is 6.11. The minimum Gasteiger partial charge on any atom is -0.399 e. The second-order valence-electron chi connectivity index (χ2n) is 8.10. The van der Waals surface area contributed by atoms with E-state index in [1.54, 1.807) is 0 Å². The van der Waals surface area contributed by atoms with Gasteiger partial charge in [-0.15, -0.1) is 0 Å². The SMILES string of the molecule is CC1(C)OB(c2ccc(CN3CC4CC3CO4)cc2)OC1(C)C. The fourth-order valence-corrected chi connectivity index (χ4v) is 3.67. The molecule has 0 aliphatic carbocycles. The van der Waals surface area contributed by atoms with E-state index in [1.807, 2.05) is 0 Å². The summed E-state index contributed by atoms with van der Waals surface area (Å²) in [5.41, 5.74) is 1.87. The standard InChI is InChI=1S/C18H26BNO3/c1-17(2)18(3,4)23-19(22-17)14-7-5-13(6-8-14)10-20-11-16-9-15(20)12-21-16/h5-8,15-16H,9-12H2,1-4H3. The molecule has 124 valence electrons. The van der Waals surface area contributed by atoms with Crippen LogP contribution < -0.4 is 5.46 Å². The molecule has 23 heavy (non-hydrogen) atoms. The van der Waals surface area contributed by atoms with E-state index in [0.717, 1.165) is 25.2 Å². The van der Waals surface area contributed by atoms with E-state index in [4.69, 9.17) is 14.0 Å². The number of likely N-dealkylation sites (tertiary alicyclic amines) is 1. The summed E-state index contributed by atoms with van der Waals surface area (Å²) >= 11 is 0. The highest BCUT2D eigenvalue weighted by molar-refractivity contribution is 6.62. The summed E-state index contributed by atoms with van der Waals surface area (Å²) in [6.45, 7) is 11.3. The summed E-state index contributed by atoms with van der Waals surface area (Å²) < 4.78 is 17.9. The monoisotopic (exact) mass is 315 g/mol. The van der Waals surface area contributed by atoms with Crippen LogP contribution in [0.25, 0.3) is 0 Å². The molecule has 0 aromatic heterocycles. The van der Waals surface area contributed by atoms with Gasteiger partial charge in [-0.3, -0.25) is 4.90 Å². The number of hydrogen-bond acceptors (Lipinski definition) is 4. The second-order valence-corrected chi connectivity index (χ2v) is 8.10. The van der Waals surface area contributed by atoms with Crippen molar-refractivity contribution in [3.63, 3.8) is 0 Å². The van der Waals surface area contributed by atoms with Crippen LogP contribution in [0.3, 0.4) is 0 Å². The average Bonchev–Trinajstić information content (AvgIpc) is 3.14. The molecule has 1 aromatic rings. The highest BCUT2D eigenvalue weighted by Gasteiger charge is 2.51. The van der Waals surface area contributed by atoms with Crippen molar-refractivity contribution in [2.75, 3.05) is 13.2 Å². The highest BCUT2D eigenvalue weighted by Crippen LogP contribution is 2.36. The molecule has 3 fully saturated rings. The van der Waals surface area contributed by atoms with Crippen LogP contribution in [0.15, 0.2) is 24.3 Å². The highest BCUT2D eigenvalue weighted by atomic mass is 16.7. The Labute approximate surface area is 139 Å². The summed E-state index contributed by atoms with van der Waals surface area (Å²) in [5, 5.41) is 0. The largest absolute Gasteiger partial charge is 0.494 e. The molecular weight excluding hydrogens is 289 g/mol. The lowest BCUT2D eigenvalue weighted by molar-refractivity contribution is 0.00578. The lowest BCUT2D eigenvalue weighted by atomic mass is 9.79. The van der Waals surface area contributed by atoms with Crippen LogP contribution in [0.4, 0.5) is 0 Å². The maximum Gasteiger partial charge on any atom is 0.494 e. The van der Waals surface area contributed by atoms with Gasteiger partial charge in [0, 0.05) is 19.1 Å². The summed E-state index contributed by atoms with van der Waals surface area (Å²) in [5.74, 6) is 0. The van der Waals surface area contributed by atoms with E-state index < -0.39 is 0 Å². The van der Waals surface area contributed by atoms with Crippen LogP contribution in [0.2, 0.25) is 0 Å². The van der Waals surface area contributed by atoms with Crippen molar-refractivity contribution in [2.24, 2.45) is 0 Å². The smallest absolute Gasteiger partial charge is 0.399 e. The van der Waals surface area contributed by atoms with Crippen LogP contribution in [-0.4, -0.2) is 48.5 Å². The van der Waals surface area contributed by atoms with Gasteiger partial charge in [-0.2, -0.15) is 0 Å². The van der Waals surface area contributed by atoms with Crippen LogP contribution in [0, 0.1) is 0 Å². The fraction of sp³-hybridized carbons (Fsp3) is 0.667. The first-order valence-electron chi connectivity index (χ1n) is 8.64. The first-order valence-corrected chi connectivity index (χ1v) is 8.64. The van der Waals surface area contributed by atoms with Gasteiger partial charge in [-0.1, -0.05) is 24.3 Å². The van der Waals surface area contributed by atoms with Gasteiger partial charge in [0.2, 0.25) is 0 Å². The van der Waals surface area contributed by atoms with Crippen molar-refractivity contribution < 1.29 is 14.0 Å². The summed E-state index contributed by atoms with van der Waals surface area (Å²) in [6, 6.07) is 9.30. The van der Waals surface area contributed by atoms with Gasteiger partial charge in [-0.25, -0.2) is 0 Å². The van der Waals surface area contributed by atoms with Gasteiger partial charge >= 0.3 is 7.12 Å². The molecule has 5 heteroatoms. The van der Waals surface area contributed by atoms with Crippen molar-refractivity contribution >= 4 is 12.6 Å². The first-order chi connectivity index (χ1) is 10.8. The fourth-order valence-electron chi connectivity index (χ4n) is 3.67. The molecule has 3 heterocycles. The summed E-state index contributed by atoms with van der Waals surface area (Å²) in [7, 11) is -0.273. The van der Waals surface area contributed by atoms with Gasteiger partial charge in [0.1, 0.15) is 0 Å². The zero-order chi connectivity index (χ0) is 16.2. The molecule has 4 rings (SSSR count). The summed E-state index contributed by atoms with van der Waals surface area (Å²) in [4.78, 5) is 2.54. The molecule has 0 spiro atoms. The van der Waals surface area contributed by atoms with Gasteiger partial charge < -0.3 is 14.0 Å². The molecule has 4 nitrogen and oxygen atoms in total. The number of hydrogen-bond donors (Lipinski definition) is 0. The maximum absolute atomic E-state index is 6.11. The molecule has 1 aromatic carbocycles. The minimum absolute atomic E-state index is 0.273. The Morgan fingerprint density at radius 1 is 1.09 bits per heavy atom.